The number of benzene rings is 1. The average molecular weight is 336 g/mol. The van der Waals surface area contributed by atoms with Crippen molar-refractivity contribution < 1.29 is 9.53 Å². The number of pyridine rings is 1. The van der Waals surface area contributed by atoms with Gasteiger partial charge in [0.1, 0.15) is 5.75 Å². The third kappa shape index (κ3) is 4.67. The fraction of sp³-hybridized carbons (Fsp3) is 0.211. The Labute approximate surface area is 146 Å². The molecule has 1 N–H and O–H groups in total. The van der Waals surface area contributed by atoms with E-state index in [1.165, 1.54) is 0 Å². The molecule has 0 aliphatic carbocycles. The summed E-state index contributed by atoms with van der Waals surface area (Å²) in [5.41, 5.74) is 0.506. The summed E-state index contributed by atoms with van der Waals surface area (Å²) in [5.74, 6) is 1.24. The Balaban J connectivity index is 1.44. The summed E-state index contributed by atoms with van der Waals surface area (Å²) in [6.45, 7) is 1.22. The van der Waals surface area contributed by atoms with E-state index in [2.05, 4.69) is 15.4 Å². The Morgan fingerprint density at radius 2 is 1.92 bits per heavy atom. The normalized spacial score (nSPS) is 10.4. The largest absolute Gasteiger partial charge is 0.494 e. The van der Waals surface area contributed by atoms with Crippen LogP contribution in [0, 0.1) is 0 Å². The molecular formula is C19H20N4O2. The molecule has 2 aromatic heterocycles. The van der Waals surface area contributed by atoms with Gasteiger partial charge in [0.05, 0.1) is 12.2 Å². The Kier molecular flexibility index (Phi) is 5.77. The SMILES string of the molecule is O=C(NCCCCOc1ccccc1)c1cccnc1-n1cccn1. The fourth-order valence-corrected chi connectivity index (χ4v) is 2.38. The summed E-state index contributed by atoms with van der Waals surface area (Å²) >= 11 is 0. The standard InChI is InChI=1S/C19H20N4O2/c24-19(17-10-6-12-20-18(17)23-14-7-13-22-23)21-11-4-5-15-25-16-8-2-1-3-9-16/h1-3,6-10,12-14H,4-5,11,15H2,(H,21,24). The molecule has 3 aromatic rings. The molecule has 6 heteroatoms. The van der Waals surface area contributed by atoms with Gasteiger partial charge >= 0.3 is 0 Å². The quantitative estimate of drug-likeness (QED) is 0.642. The average Bonchev–Trinajstić information content (AvgIpc) is 3.20. The summed E-state index contributed by atoms with van der Waals surface area (Å²) in [5, 5.41) is 7.06. The van der Waals surface area contributed by atoms with Crippen molar-refractivity contribution in [2.24, 2.45) is 0 Å². The molecule has 3 rings (SSSR count). The van der Waals surface area contributed by atoms with E-state index in [4.69, 9.17) is 4.74 Å². The van der Waals surface area contributed by atoms with Gasteiger partial charge in [-0.1, -0.05) is 18.2 Å². The highest BCUT2D eigenvalue weighted by Crippen LogP contribution is 2.10. The second-order valence-corrected chi connectivity index (χ2v) is 5.45. The van der Waals surface area contributed by atoms with E-state index in [9.17, 15) is 4.79 Å². The summed E-state index contributed by atoms with van der Waals surface area (Å²) in [4.78, 5) is 16.6. The molecule has 0 aliphatic heterocycles. The van der Waals surface area contributed by atoms with Gasteiger partial charge in [0.2, 0.25) is 0 Å². The number of amides is 1. The molecule has 25 heavy (non-hydrogen) atoms. The molecule has 6 nitrogen and oxygen atoms in total. The molecule has 1 aromatic carbocycles. The van der Waals surface area contributed by atoms with Gasteiger partial charge in [0, 0.05) is 25.1 Å². The lowest BCUT2D eigenvalue weighted by Crippen LogP contribution is -2.26. The highest BCUT2D eigenvalue weighted by atomic mass is 16.5. The lowest BCUT2D eigenvalue weighted by Gasteiger charge is -2.09. The first-order valence-electron chi connectivity index (χ1n) is 8.25. The fourth-order valence-electron chi connectivity index (χ4n) is 2.38. The molecular weight excluding hydrogens is 316 g/mol. The van der Waals surface area contributed by atoms with Gasteiger partial charge in [-0.25, -0.2) is 9.67 Å². The monoisotopic (exact) mass is 336 g/mol. The molecule has 0 radical (unpaired) electrons. The minimum absolute atomic E-state index is 0.150. The van der Waals surface area contributed by atoms with Crippen molar-refractivity contribution in [3.8, 4) is 11.6 Å². The third-order valence-corrected chi connectivity index (χ3v) is 3.62. The maximum atomic E-state index is 12.4. The third-order valence-electron chi connectivity index (χ3n) is 3.62. The van der Waals surface area contributed by atoms with Crippen LogP contribution in [0.25, 0.3) is 5.82 Å². The predicted molar refractivity (Wildman–Crippen MR) is 94.9 cm³/mol. The van der Waals surface area contributed by atoms with E-state index < -0.39 is 0 Å². The smallest absolute Gasteiger partial charge is 0.255 e. The van der Waals surface area contributed by atoms with Crippen molar-refractivity contribution in [1.82, 2.24) is 20.1 Å². The maximum Gasteiger partial charge on any atom is 0.255 e. The summed E-state index contributed by atoms with van der Waals surface area (Å²) in [6, 6.07) is 15.0. The van der Waals surface area contributed by atoms with Gasteiger partial charge in [0.15, 0.2) is 5.82 Å². The Morgan fingerprint density at radius 1 is 1.04 bits per heavy atom. The van der Waals surface area contributed by atoms with Crippen molar-refractivity contribution in [2.75, 3.05) is 13.2 Å². The van der Waals surface area contributed by atoms with Gasteiger partial charge < -0.3 is 10.1 Å². The molecule has 1 amide bonds. The van der Waals surface area contributed by atoms with Gasteiger partial charge in [-0.3, -0.25) is 4.79 Å². The van der Waals surface area contributed by atoms with Crippen LogP contribution in [-0.2, 0) is 0 Å². The predicted octanol–water partition coefficient (Wildman–Crippen LogP) is 2.86. The topological polar surface area (TPSA) is 69.0 Å². The first-order chi connectivity index (χ1) is 12.3. The molecule has 0 unspecified atom stereocenters. The minimum Gasteiger partial charge on any atom is -0.494 e. The second-order valence-electron chi connectivity index (χ2n) is 5.45. The molecule has 0 saturated heterocycles. The highest BCUT2D eigenvalue weighted by molar-refractivity contribution is 5.97. The Hall–Kier alpha value is -3.15. The first-order valence-corrected chi connectivity index (χ1v) is 8.25. The van der Waals surface area contributed by atoms with E-state index in [1.807, 2.05) is 30.3 Å². The number of ether oxygens (including phenoxy) is 1. The van der Waals surface area contributed by atoms with Crippen LogP contribution in [-0.4, -0.2) is 33.8 Å². The Morgan fingerprint density at radius 3 is 2.72 bits per heavy atom. The summed E-state index contributed by atoms with van der Waals surface area (Å²) in [7, 11) is 0. The molecule has 0 aliphatic rings. The van der Waals surface area contributed by atoms with Crippen LogP contribution in [0.15, 0.2) is 67.1 Å². The number of carbonyl (C=O) groups is 1. The van der Waals surface area contributed by atoms with E-state index >= 15 is 0 Å². The van der Waals surface area contributed by atoms with Crippen LogP contribution in [0.2, 0.25) is 0 Å². The van der Waals surface area contributed by atoms with Crippen LogP contribution in [0.4, 0.5) is 0 Å². The highest BCUT2D eigenvalue weighted by Gasteiger charge is 2.13. The summed E-state index contributed by atoms with van der Waals surface area (Å²) < 4.78 is 7.22. The molecule has 128 valence electrons. The molecule has 0 saturated carbocycles. The number of rotatable bonds is 8. The lowest BCUT2D eigenvalue weighted by molar-refractivity contribution is 0.0952. The Bertz CT molecular complexity index is 788. The van der Waals surface area contributed by atoms with Crippen molar-refractivity contribution in [3.05, 3.63) is 72.7 Å². The van der Waals surface area contributed by atoms with E-state index in [0.29, 0.717) is 24.5 Å². The maximum absolute atomic E-state index is 12.4. The van der Waals surface area contributed by atoms with Crippen molar-refractivity contribution >= 4 is 5.91 Å². The minimum atomic E-state index is -0.150. The molecule has 0 bridgehead atoms. The number of hydrogen-bond donors (Lipinski definition) is 1. The second kappa shape index (κ2) is 8.63. The van der Waals surface area contributed by atoms with E-state index in [1.54, 1.807) is 41.5 Å². The van der Waals surface area contributed by atoms with Crippen LogP contribution in [0.1, 0.15) is 23.2 Å². The van der Waals surface area contributed by atoms with Crippen LogP contribution in [0.3, 0.4) is 0 Å². The number of aromatic nitrogens is 3. The zero-order valence-corrected chi connectivity index (χ0v) is 13.8. The number of para-hydroxylation sites is 1. The number of nitrogens with zero attached hydrogens (tertiary/aromatic N) is 3. The van der Waals surface area contributed by atoms with Crippen LogP contribution in [0.5, 0.6) is 5.75 Å². The number of hydrogen-bond acceptors (Lipinski definition) is 4. The zero-order chi connectivity index (χ0) is 17.3. The lowest BCUT2D eigenvalue weighted by atomic mass is 10.2. The molecule has 0 spiro atoms. The van der Waals surface area contributed by atoms with Crippen molar-refractivity contribution in [2.45, 2.75) is 12.8 Å². The number of nitrogens with one attached hydrogen (secondary N) is 1. The van der Waals surface area contributed by atoms with Gasteiger partial charge in [-0.15, -0.1) is 0 Å². The molecule has 0 fully saturated rings. The van der Waals surface area contributed by atoms with E-state index in [0.717, 1.165) is 18.6 Å². The van der Waals surface area contributed by atoms with Crippen LogP contribution < -0.4 is 10.1 Å². The summed E-state index contributed by atoms with van der Waals surface area (Å²) in [6.07, 6.45) is 6.78. The molecule has 0 atom stereocenters. The van der Waals surface area contributed by atoms with Gasteiger partial charge in [-0.2, -0.15) is 5.10 Å². The van der Waals surface area contributed by atoms with Gasteiger partial charge in [0.25, 0.3) is 5.91 Å². The van der Waals surface area contributed by atoms with Gasteiger partial charge in [-0.05, 0) is 43.2 Å². The van der Waals surface area contributed by atoms with E-state index in [-0.39, 0.29) is 5.91 Å². The number of unbranched alkanes of at least 4 members (excludes halogenated alkanes) is 1. The van der Waals surface area contributed by atoms with Crippen molar-refractivity contribution in [1.29, 1.82) is 0 Å². The molecule has 2 heterocycles. The number of carbonyl (C=O) groups excluding carboxylic acids is 1. The zero-order valence-electron chi connectivity index (χ0n) is 13.8. The van der Waals surface area contributed by atoms with Crippen LogP contribution >= 0.6 is 0 Å². The first kappa shape index (κ1) is 16.7. The van der Waals surface area contributed by atoms with Crippen molar-refractivity contribution in [3.63, 3.8) is 0 Å².